The van der Waals surface area contributed by atoms with Gasteiger partial charge in [0, 0.05) is 27.1 Å². The third kappa shape index (κ3) is 4.75. The summed E-state index contributed by atoms with van der Waals surface area (Å²) in [4.78, 5) is 5.10. The molecule has 0 atom stereocenters. The topological polar surface area (TPSA) is 39.2 Å². The Bertz CT molecular complexity index is 3820. The molecule has 3 nitrogen and oxygen atoms in total. The summed E-state index contributed by atoms with van der Waals surface area (Å²) in [5, 5.41) is 13.8. The van der Waals surface area contributed by atoms with Crippen LogP contribution in [0.4, 0.5) is 0 Å². The van der Waals surface area contributed by atoms with E-state index in [1.165, 1.54) is 54.4 Å². The first kappa shape index (κ1) is 33.0. The zero-order valence-electron chi connectivity index (χ0n) is 32.3. The second kappa shape index (κ2) is 12.7. The minimum atomic E-state index is 0.608. The quantitative estimate of drug-likeness (QED) is 0.132. The fourth-order valence-corrected chi connectivity index (χ4v) is 9.91. The number of rotatable bonds is 4. The van der Waals surface area contributed by atoms with E-state index >= 15 is 0 Å². The summed E-state index contributed by atoms with van der Waals surface area (Å²) in [6.45, 7) is 0. The number of aromatic nitrogens is 1. The summed E-state index contributed by atoms with van der Waals surface area (Å²) >= 11 is 0. The number of benzene rings is 11. The summed E-state index contributed by atoms with van der Waals surface area (Å²) in [6, 6.07) is 71.5. The lowest BCUT2D eigenvalue weighted by Gasteiger charge is -2.19. The van der Waals surface area contributed by atoms with Gasteiger partial charge in [-0.2, -0.15) is 0 Å². The van der Waals surface area contributed by atoms with Gasteiger partial charge in [-0.25, -0.2) is 4.98 Å². The standard InChI is InChI=1S/C57H33NO2/c1-3-17-34(18-4-1)51-41-25-11-13-27-43(41)52(44-28-14-12-26-42(44)51)48-31-36(32-50-53(48)54-40-24-10-7-21-37(40)38-22-8-16-30-46(38)56(54)59-50)47-33-49-55(45-29-15-9-23-39(45)47)60-57(58-49)35-19-5-2-6-20-35/h1-33H. The van der Waals surface area contributed by atoms with E-state index in [2.05, 4.69) is 170 Å². The Morgan fingerprint density at radius 3 is 1.42 bits per heavy atom. The molecule has 2 heterocycles. The molecule has 0 saturated carbocycles. The van der Waals surface area contributed by atoms with Crippen LogP contribution in [0, 0.1) is 0 Å². The van der Waals surface area contributed by atoms with Crippen LogP contribution in [-0.2, 0) is 0 Å². The van der Waals surface area contributed by atoms with Gasteiger partial charge in [0.2, 0.25) is 5.89 Å². The van der Waals surface area contributed by atoms with Crippen LogP contribution in [-0.4, -0.2) is 4.98 Å². The number of hydrogen-bond donors (Lipinski definition) is 0. The molecule has 0 spiro atoms. The molecule has 0 aliphatic rings. The number of fused-ring (bicyclic) bond motifs is 13. The highest BCUT2D eigenvalue weighted by Crippen LogP contribution is 2.51. The van der Waals surface area contributed by atoms with Gasteiger partial charge < -0.3 is 8.83 Å². The highest BCUT2D eigenvalue weighted by molar-refractivity contribution is 6.34. The van der Waals surface area contributed by atoms with E-state index in [1.54, 1.807) is 0 Å². The molecule has 0 N–H and O–H groups in total. The molecule has 60 heavy (non-hydrogen) atoms. The van der Waals surface area contributed by atoms with E-state index in [1.807, 2.05) is 30.3 Å². The van der Waals surface area contributed by atoms with Gasteiger partial charge in [-0.05, 0) is 107 Å². The maximum absolute atomic E-state index is 7.24. The van der Waals surface area contributed by atoms with Crippen LogP contribution in [0.25, 0.3) is 132 Å². The van der Waals surface area contributed by atoms with Crippen molar-refractivity contribution in [2.45, 2.75) is 0 Å². The molecular weight excluding hydrogens is 731 g/mol. The smallest absolute Gasteiger partial charge is 0.227 e. The molecule has 0 amide bonds. The molecule has 0 radical (unpaired) electrons. The lowest BCUT2D eigenvalue weighted by molar-refractivity contribution is 0.623. The van der Waals surface area contributed by atoms with Crippen LogP contribution in [0.15, 0.2) is 209 Å². The van der Waals surface area contributed by atoms with Gasteiger partial charge >= 0.3 is 0 Å². The third-order valence-electron chi connectivity index (χ3n) is 12.4. The minimum absolute atomic E-state index is 0.608. The monoisotopic (exact) mass is 763 g/mol. The molecule has 3 heteroatoms. The summed E-state index contributed by atoms with van der Waals surface area (Å²) in [5.41, 5.74) is 11.2. The van der Waals surface area contributed by atoms with E-state index < -0.39 is 0 Å². The SMILES string of the molecule is c1ccc(-c2nc3cc(-c4cc(-c5c6ccccc6c(-c6ccccc6)c6ccccc56)c5c(c4)oc4c6ccccc6c6ccccc6c45)c4ccccc4c3o2)cc1. The van der Waals surface area contributed by atoms with Gasteiger partial charge in [0.05, 0.1) is 0 Å². The fourth-order valence-electron chi connectivity index (χ4n) is 9.91. The van der Waals surface area contributed by atoms with Crippen LogP contribution in [0.5, 0.6) is 0 Å². The van der Waals surface area contributed by atoms with Crippen molar-refractivity contribution in [1.29, 1.82) is 0 Å². The average molecular weight is 764 g/mol. The number of oxazole rings is 1. The second-order valence-electron chi connectivity index (χ2n) is 15.7. The lowest BCUT2D eigenvalue weighted by atomic mass is 9.83. The first-order chi connectivity index (χ1) is 29.8. The highest BCUT2D eigenvalue weighted by atomic mass is 16.3. The molecule has 13 rings (SSSR count). The molecule has 0 fully saturated rings. The van der Waals surface area contributed by atoms with Crippen molar-refractivity contribution < 1.29 is 8.83 Å². The minimum Gasteiger partial charge on any atom is -0.455 e. The molecule has 0 aliphatic carbocycles. The predicted molar refractivity (Wildman–Crippen MR) is 251 cm³/mol. The Balaban J connectivity index is 1.22. The van der Waals surface area contributed by atoms with Crippen molar-refractivity contribution >= 4 is 86.9 Å². The van der Waals surface area contributed by atoms with Gasteiger partial charge in [-0.1, -0.05) is 170 Å². The lowest BCUT2D eigenvalue weighted by Crippen LogP contribution is -1.92. The van der Waals surface area contributed by atoms with E-state index in [-0.39, 0.29) is 0 Å². The Morgan fingerprint density at radius 2 is 0.783 bits per heavy atom. The normalized spacial score (nSPS) is 12.0. The number of hydrogen-bond acceptors (Lipinski definition) is 3. The Labute approximate surface area is 344 Å². The van der Waals surface area contributed by atoms with Gasteiger partial charge in [0.15, 0.2) is 5.58 Å². The fraction of sp³-hybridized carbons (Fsp3) is 0. The van der Waals surface area contributed by atoms with E-state index in [0.717, 1.165) is 71.5 Å². The molecule has 0 bridgehead atoms. The van der Waals surface area contributed by atoms with Crippen molar-refractivity contribution in [2.75, 3.05) is 0 Å². The molecule has 13 aromatic rings. The van der Waals surface area contributed by atoms with Crippen molar-refractivity contribution in [2.24, 2.45) is 0 Å². The first-order valence-corrected chi connectivity index (χ1v) is 20.5. The maximum Gasteiger partial charge on any atom is 0.227 e. The zero-order valence-corrected chi connectivity index (χ0v) is 32.3. The van der Waals surface area contributed by atoms with Crippen LogP contribution in [0.2, 0.25) is 0 Å². The molecule has 2 aromatic heterocycles. The van der Waals surface area contributed by atoms with E-state index in [9.17, 15) is 0 Å². The largest absolute Gasteiger partial charge is 0.455 e. The van der Waals surface area contributed by atoms with Gasteiger partial charge in [0.1, 0.15) is 16.7 Å². The molecular formula is C57H33NO2. The van der Waals surface area contributed by atoms with Crippen molar-refractivity contribution in [3.8, 4) is 44.8 Å². The van der Waals surface area contributed by atoms with E-state index in [4.69, 9.17) is 13.8 Å². The first-order valence-electron chi connectivity index (χ1n) is 20.5. The molecule has 11 aromatic carbocycles. The summed E-state index contributed by atoms with van der Waals surface area (Å²) < 4.78 is 13.8. The van der Waals surface area contributed by atoms with Crippen molar-refractivity contribution in [3.63, 3.8) is 0 Å². The Kier molecular flexibility index (Phi) is 7.01. The summed E-state index contributed by atoms with van der Waals surface area (Å²) in [6.07, 6.45) is 0. The highest BCUT2D eigenvalue weighted by Gasteiger charge is 2.25. The van der Waals surface area contributed by atoms with Crippen LogP contribution in [0.1, 0.15) is 0 Å². The Morgan fingerprint density at radius 1 is 0.300 bits per heavy atom. The summed E-state index contributed by atoms with van der Waals surface area (Å²) in [5.74, 6) is 0.608. The van der Waals surface area contributed by atoms with Crippen LogP contribution in [0.3, 0.4) is 0 Å². The molecule has 278 valence electrons. The van der Waals surface area contributed by atoms with Gasteiger partial charge in [-0.15, -0.1) is 0 Å². The second-order valence-corrected chi connectivity index (χ2v) is 15.7. The zero-order chi connectivity index (χ0) is 39.3. The van der Waals surface area contributed by atoms with Crippen LogP contribution >= 0.6 is 0 Å². The van der Waals surface area contributed by atoms with E-state index in [0.29, 0.717) is 5.89 Å². The van der Waals surface area contributed by atoms with Gasteiger partial charge in [-0.3, -0.25) is 0 Å². The third-order valence-corrected chi connectivity index (χ3v) is 12.4. The van der Waals surface area contributed by atoms with Crippen molar-refractivity contribution in [3.05, 3.63) is 200 Å². The number of furan rings is 1. The predicted octanol–water partition coefficient (Wildman–Crippen LogP) is 16.2. The van der Waals surface area contributed by atoms with Crippen molar-refractivity contribution in [1.82, 2.24) is 4.98 Å². The molecule has 0 saturated heterocycles. The maximum atomic E-state index is 7.24. The average Bonchev–Trinajstić information content (AvgIpc) is 3.94. The molecule has 0 unspecified atom stereocenters. The summed E-state index contributed by atoms with van der Waals surface area (Å²) in [7, 11) is 0. The van der Waals surface area contributed by atoms with Gasteiger partial charge in [0.25, 0.3) is 0 Å². The number of nitrogens with zero attached hydrogens (tertiary/aromatic N) is 1. The Hall–Kier alpha value is -8.01. The molecule has 0 aliphatic heterocycles. The van der Waals surface area contributed by atoms with Crippen LogP contribution < -0.4 is 0 Å².